The van der Waals surface area contributed by atoms with E-state index in [-0.39, 0.29) is 30.0 Å². The zero-order valence-corrected chi connectivity index (χ0v) is 16.2. The monoisotopic (exact) mass is 405 g/mol. The van der Waals surface area contributed by atoms with Gasteiger partial charge >= 0.3 is 0 Å². The highest BCUT2D eigenvalue weighted by Gasteiger charge is 2.14. The molecule has 3 rings (SSSR count). The van der Waals surface area contributed by atoms with Crippen LogP contribution in [0, 0.1) is 0 Å². The van der Waals surface area contributed by atoms with E-state index < -0.39 is 0 Å². The van der Waals surface area contributed by atoms with Gasteiger partial charge in [-0.25, -0.2) is 0 Å². The average Bonchev–Trinajstić information content (AvgIpc) is 3.19. The van der Waals surface area contributed by atoms with Crippen LogP contribution in [-0.4, -0.2) is 72.9 Å². The summed E-state index contributed by atoms with van der Waals surface area (Å²) in [6.45, 7) is 4.71. The Morgan fingerprint density at radius 1 is 1.18 bits per heavy atom. The van der Waals surface area contributed by atoms with Crippen molar-refractivity contribution in [2.24, 2.45) is 0 Å². The number of amides is 2. The first-order valence-electron chi connectivity index (χ1n) is 9.04. The summed E-state index contributed by atoms with van der Waals surface area (Å²) < 4.78 is 10.7. The Hall–Kier alpha value is -2.40. The maximum atomic E-state index is 12.1. The lowest BCUT2D eigenvalue weighted by Gasteiger charge is -2.26. The summed E-state index contributed by atoms with van der Waals surface area (Å²) in [4.78, 5) is 26.2. The summed E-state index contributed by atoms with van der Waals surface area (Å²) in [6, 6.07) is 9.12. The molecule has 1 saturated heterocycles. The molecule has 0 aliphatic carbocycles. The molecule has 0 atom stereocenters. The van der Waals surface area contributed by atoms with Crippen LogP contribution in [0.4, 0.5) is 5.69 Å². The highest BCUT2D eigenvalue weighted by atomic mass is 32.1. The van der Waals surface area contributed by atoms with E-state index in [0.29, 0.717) is 17.2 Å². The molecule has 9 nitrogen and oxygen atoms in total. The van der Waals surface area contributed by atoms with Crippen molar-refractivity contribution in [3.05, 3.63) is 40.3 Å². The summed E-state index contributed by atoms with van der Waals surface area (Å²) >= 11 is 1.14. The lowest BCUT2D eigenvalue weighted by atomic mass is 10.3. The van der Waals surface area contributed by atoms with Crippen LogP contribution in [0.3, 0.4) is 0 Å². The van der Waals surface area contributed by atoms with Crippen LogP contribution >= 0.6 is 11.3 Å². The number of hydrogen-bond donors (Lipinski definition) is 2. The van der Waals surface area contributed by atoms with Crippen molar-refractivity contribution in [3.63, 3.8) is 0 Å². The highest BCUT2D eigenvalue weighted by molar-refractivity contribution is 7.13. The predicted molar refractivity (Wildman–Crippen MR) is 104 cm³/mol. The molecule has 1 aliphatic heterocycles. The van der Waals surface area contributed by atoms with Gasteiger partial charge in [0.25, 0.3) is 5.91 Å². The number of morpholine rings is 1. The number of nitrogens with zero attached hydrogens (tertiary/aromatic N) is 3. The molecule has 28 heavy (non-hydrogen) atoms. The smallest absolute Gasteiger partial charge is 0.286 e. The third kappa shape index (κ3) is 6.64. The standard InChI is InChI=1S/C18H23N5O4S/c24-15(19-6-7-23-8-10-26-11-9-23)12-27-13-16-21-22-18(28-16)17(25)20-14-4-2-1-3-5-14/h1-5H,6-13H2,(H,19,24)(H,20,25). The Morgan fingerprint density at radius 2 is 1.96 bits per heavy atom. The summed E-state index contributed by atoms with van der Waals surface area (Å²) in [6.07, 6.45) is 0. The number of benzene rings is 1. The second kappa shape index (κ2) is 10.8. The number of hydrogen-bond acceptors (Lipinski definition) is 8. The summed E-state index contributed by atoms with van der Waals surface area (Å²) in [5.74, 6) is -0.504. The number of nitrogens with one attached hydrogen (secondary N) is 2. The van der Waals surface area contributed by atoms with Gasteiger partial charge in [0.15, 0.2) is 0 Å². The number of anilines is 1. The van der Waals surface area contributed by atoms with E-state index >= 15 is 0 Å². The Labute approximate surface area is 167 Å². The number of carbonyl (C=O) groups is 2. The quantitative estimate of drug-likeness (QED) is 0.634. The van der Waals surface area contributed by atoms with E-state index in [1.807, 2.05) is 18.2 Å². The topological polar surface area (TPSA) is 106 Å². The Balaban J connectivity index is 1.32. The molecule has 0 bridgehead atoms. The van der Waals surface area contributed by atoms with Crippen LogP contribution in [0.5, 0.6) is 0 Å². The lowest BCUT2D eigenvalue weighted by molar-refractivity contribution is -0.126. The summed E-state index contributed by atoms with van der Waals surface area (Å²) in [7, 11) is 0. The van der Waals surface area contributed by atoms with E-state index in [9.17, 15) is 9.59 Å². The third-order valence-electron chi connectivity index (χ3n) is 4.01. The largest absolute Gasteiger partial charge is 0.379 e. The molecule has 2 N–H and O–H groups in total. The van der Waals surface area contributed by atoms with Crippen LogP contribution in [0.1, 0.15) is 14.8 Å². The van der Waals surface area contributed by atoms with Crippen molar-refractivity contribution >= 4 is 28.8 Å². The highest BCUT2D eigenvalue weighted by Crippen LogP contribution is 2.13. The van der Waals surface area contributed by atoms with Gasteiger partial charge < -0.3 is 20.1 Å². The van der Waals surface area contributed by atoms with E-state index in [0.717, 1.165) is 44.2 Å². The molecule has 0 unspecified atom stereocenters. The molecule has 0 saturated carbocycles. The Morgan fingerprint density at radius 3 is 2.75 bits per heavy atom. The SMILES string of the molecule is O=C(COCc1nnc(C(=O)Nc2ccccc2)s1)NCCN1CCOCC1. The van der Waals surface area contributed by atoms with Gasteiger partial charge in [-0.05, 0) is 12.1 Å². The van der Waals surface area contributed by atoms with Crippen LogP contribution in [-0.2, 0) is 20.9 Å². The van der Waals surface area contributed by atoms with E-state index in [1.165, 1.54) is 0 Å². The fourth-order valence-corrected chi connectivity index (χ4v) is 3.24. The number of para-hydroxylation sites is 1. The number of ether oxygens (including phenoxy) is 2. The summed E-state index contributed by atoms with van der Waals surface area (Å²) in [5.41, 5.74) is 0.689. The molecule has 0 spiro atoms. The molecule has 2 heterocycles. The van der Waals surface area contributed by atoms with Crippen molar-refractivity contribution in [3.8, 4) is 0 Å². The van der Waals surface area contributed by atoms with Gasteiger partial charge in [-0.15, -0.1) is 10.2 Å². The normalized spacial score (nSPS) is 14.6. The fourth-order valence-electron chi connectivity index (χ4n) is 2.57. The molecular weight excluding hydrogens is 382 g/mol. The first kappa shape index (κ1) is 20.3. The molecule has 150 valence electrons. The first-order chi connectivity index (χ1) is 13.7. The van der Waals surface area contributed by atoms with E-state index in [4.69, 9.17) is 9.47 Å². The van der Waals surface area contributed by atoms with E-state index in [2.05, 4.69) is 25.7 Å². The van der Waals surface area contributed by atoms with Gasteiger partial charge in [0.1, 0.15) is 18.2 Å². The maximum Gasteiger partial charge on any atom is 0.286 e. The molecule has 1 aromatic carbocycles. The van der Waals surface area contributed by atoms with Gasteiger partial charge in [-0.3, -0.25) is 14.5 Å². The summed E-state index contributed by atoms with van der Waals surface area (Å²) in [5, 5.41) is 14.2. The Kier molecular flexibility index (Phi) is 7.85. The second-order valence-corrected chi connectivity index (χ2v) is 7.18. The van der Waals surface area contributed by atoms with Gasteiger partial charge in [-0.1, -0.05) is 29.5 Å². The zero-order valence-electron chi connectivity index (χ0n) is 15.4. The van der Waals surface area contributed by atoms with Crippen LogP contribution in [0.25, 0.3) is 0 Å². The van der Waals surface area contributed by atoms with Gasteiger partial charge in [0, 0.05) is 31.9 Å². The molecule has 2 amide bonds. The van der Waals surface area contributed by atoms with Gasteiger partial charge in [0.2, 0.25) is 10.9 Å². The molecule has 2 aromatic rings. The van der Waals surface area contributed by atoms with Gasteiger partial charge in [0.05, 0.1) is 13.2 Å². The van der Waals surface area contributed by atoms with Crippen molar-refractivity contribution < 1.29 is 19.1 Å². The minimum Gasteiger partial charge on any atom is -0.379 e. The fraction of sp³-hybridized carbons (Fsp3) is 0.444. The van der Waals surface area contributed by atoms with Gasteiger partial charge in [-0.2, -0.15) is 0 Å². The molecule has 10 heteroatoms. The maximum absolute atomic E-state index is 12.1. The van der Waals surface area contributed by atoms with Crippen LogP contribution < -0.4 is 10.6 Å². The van der Waals surface area contributed by atoms with Crippen molar-refractivity contribution in [1.29, 1.82) is 0 Å². The number of rotatable bonds is 9. The molecule has 0 radical (unpaired) electrons. The lowest BCUT2D eigenvalue weighted by Crippen LogP contribution is -2.41. The predicted octanol–water partition coefficient (Wildman–Crippen LogP) is 0.755. The molecule has 1 fully saturated rings. The zero-order chi connectivity index (χ0) is 19.6. The van der Waals surface area contributed by atoms with Crippen molar-refractivity contribution in [2.75, 3.05) is 51.3 Å². The van der Waals surface area contributed by atoms with Crippen LogP contribution in [0.2, 0.25) is 0 Å². The van der Waals surface area contributed by atoms with Crippen LogP contribution in [0.15, 0.2) is 30.3 Å². The number of aromatic nitrogens is 2. The van der Waals surface area contributed by atoms with E-state index in [1.54, 1.807) is 12.1 Å². The molecule has 1 aromatic heterocycles. The average molecular weight is 405 g/mol. The molecule has 1 aliphatic rings. The van der Waals surface area contributed by atoms with Crippen molar-refractivity contribution in [2.45, 2.75) is 6.61 Å². The second-order valence-electron chi connectivity index (χ2n) is 6.12. The third-order valence-corrected chi connectivity index (χ3v) is 4.90. The Bertz CT molecular complexity index is 764. The molecular formula is C18H23N5O4S. The van der Waals surface area contributed by atoms with Crippen molar-refractivity contribution in [1.82, 2.24) is 20.4 Å². The minimum absolute atomic E-state index is 0.0613. The number of carbonyl (C=O) groups excluding carboxylic acids is 2. The minimum atomic E-state index is -0.323. The first-order valence-corrected chi connectivity index (χ1v) is 9.85.